The highest BCUT2D eigenvalue weighted by Gasteiger charge is 2.14. The van der Waals surface area contributed by atoms with Gasteiger partial charge in [-0.1, -0.05) is 25.5 Å². The summed E-state index contributed by atoms with van der Waals surface area (Å²) in [6.45, 7) is 7.09. The average Bonchev–Trinajstić information content (AvgIpc) is 2.38. The highest BCUT2D eigenvalue weighted by Crippen LogP contribution is 2.19. The van der Waals surface area contributed by atoms with Gasteiger partial charge in [0.1, 0.15) is 0 Å². The summed E-state index contributed by atoms with van der Waals surface area (Å²) in [4.78, 5) is 24.9. The summed E-state index contributed by atoms with van der Waals surface area (Å²) < 4.78 is 0. The van der Waals surface area contributed by atoms with Crippen LogP contribution in [0.15, 0.2) is 11.6 Å². The van der Waals surface area contributed by atoms with E-state index in [1.165, 1.54) is 38.2 Å². The van der Waals surface area contributed by atoms with Gasteiger partial charge < -0.3 is 10.2 Å². The molecule has 0 saturated heterocycles. The van der Waals surface area contributed by atoms with E-state index in [1.54, 1.807) is 4.90 Å². The molecule has 1 rings (SSSR count). The average molecular weight is 280 g/mol. The molecule has 1 N–H and O–H groups in total. The fraction of sp³-hybridized carbons (Fsp3) is 0.750. The zero-order chi connectivity index (χ0) is 15.0. The lowest BCUT2D eigenvalue weighted by Gasteiger charge is -2.22. The fourth-order valence-corrected chi connectivity index (χ4v) is 2.47. The van der Waals surface area contributed by atoms with Crippen LogP contribution in [-0.4, -0.2) is 36.3 Å². The molecule has 0 saturated carbocycles. The van der Waals surface area contributed by atoms with Crippen LogP contribution in [0.2, 0.25) is 0 Å². The summed E-state index contributed by atoms with van der Waals surface area (Å²) in [5.74, 6) is 0.278. The van der Waals surface area contributed by atoms with Crippen LogP contribution >= 0.6 is 0 Å². The molecule has 0 spiro atoms. The molecule has 0 heterocycles. The normalized spacial score (nSPS) is 14.9. The van der Waals surface area contributed by atoms with Crippen LogP contribution in [-0.2, 0) is 9.59 Å². The van der Waals surface area contributed by atoms with Gasteiger partial charge in [0.15, 0.2) is 0 Å². The Kier molecular flexibility index (Phi) is 7.34. The minimum Gasteiger partial charge on any atom is -0.354 e. The van der Waals surface area contributed by atoms with Crippen LogP contribution in [0.25, 0.3) is 0 Å². The molecular formula is C16H28N2O2. The fourth-order valence-electron chi connectivity index (χ4n) is 2.47. The molecule has 0 atom stereocenters. The first kappa shape index (κ1) is 16.7. The number of amides is 2. The monoisotopic (exact) mass is 280 g/mol. The van der Waals surface area contributed by atoms with Gasteiger partial charge in [-0.3, -0.25) is 9.59 Å². The predicted octanol–water partition coefficient (Wildman–Crippen LogP) is 2.50. The number of nitrogens with one attached hydrogen (secondary N) is 1. The maximum Gasteiger partial charge on any atom is 0.239 e. The maximum absolute atomic E-state index is 11.9. The standard InChI is InChI=1S/C16H28N2O2/c1-13(2)11-18(14(3)19)12-16(20)17-10-9-15-7-5-4-6-8-15/h7,13H,4-6,8-12H2,1-3H3,(H,17,20). The number of carbonyl (C=O) groups excluding carboxylic acids is 2. The third-order valence-electron chi connectivity index (χ3n) is 3.52. The largest absolute Gasteiger partial charge is 0.354 e. The predicted molar refractivity (Wildman–Crippen MR) is 81.3 cm³/mol. The first-order valence-corrected chi connectivity index (χ1v) is 7.69. The van der Waals surface area contributed by atoms with Crippen molar-refractivity contribution in [2.24, 2.45) is 5.92 Å². The molecule has 1 aliphatic carbocycles. The Bertz CT molecular complexity index is 361. The van der Waals surface area contributed by atoms with Gasteiger partial charge in [-0.25, -0.2) is 0 Å². The highest BCUT2D eigenvalue weighted by atomic mass is 16.2. The number of hydrogen-bond donors (Lipinski definition) is 1. The molecular weight excluding hydrogens is 252 g/mol. The van der Waals surface area contributed by atoms with E-state index in [0.29, 0.717) is 19.0 Å². The first-order valence-electron chi connectivity index (χ1n) is 7.69. The van der Waals surface area contributed by atoms with Crippen molar-refractivity contribution in [3.05, 3.63) is 11.6 Å². The summed E-state index contributed by atoms with van der Waals surface area (Å²) in [6, 6.07) is 0. The summed E-state index contributed by atoms with van der Waals surface area (Å²) in [7, 11) is 0. The van der Waals surface area contributed by atoms with Crippen molar-refractivity contribution in [3.8, 4) is 0 Å². The van der Waals surface area contributed by atoms with E-state index in [2.05, 4.69) is 11.4 Å². The van der Waals surface area contributed by atoms with Gasteiger partial charge in [-0.15, -0.1) is 0 Å². The number of allylic oxidation sites excluding steroid dienone is 1. The number of carbonyl (C=O) groups is 2. The third-order valence-corrected chi connectivity index (χ3v) is 3.52. The zero-order valence-electron chi connectivity index (χ0n) is 13.1. The maximum atomic E-state index is 11.9. The van der Waals surface area contributed by atoms with E-state index in [9.17, 15) is 9.59 Å². The number of rotatable bonds is 7. The van der Waals surface area contributed by atoms with Crippen molar-refractivity contribution in [1.82, 2.24) is 10.2 Å². The van der Waals surface area contributed by atoms with E-state index in [1.807, 2.05) is 13.8 Å². The van der Waals surface area contributed by atoms with E-state index >= 15 is 0 Å². The van der Waals surface area contributed by atoms with Crippen molar-refractivity contribution >= 4 is 11.8 Å². The molecule has 0 fully saturated rings. The van der Waals surface area contributed by atoms with Crippen LogP contribution in [0, 0.1) is 5.92 Å². The lowest BCUT2D eigenvalue weighted by Crippen LogP contribution is -2.41. The molecule has 2 amide bonds. The van der Waals surface area contributed by atoms with Crippen molar-refractivity contribution in [2.75, 3.05) is 19.6 Å². The smallest absolute Gasteiger partial charge is 0.239 e. The Balaban J connectivity index is 2.27. The molecule has 0 aromatic heterocycles. The minimum absolute atomic E-state index is 0.0381. The van der Waals surface area contributed by atoms with Crippen molar-refractivity contribution < 1.29 is 9.59 Å². The van der Waals surface area contributed by atoms with Crippen LogP contribution in [0.5, 0.6) is 0 Å². The van der Waals surface area contributed by atoms with Gasteiger partial charge in [0.05, 0.1) is 6.54 Å². The van der Waals surface area contributed by atoms with Crippen LogP contribution in [0.1, 0.15) is 52.9 Å². The zero-order valence-corrected chi connectivity index (χ0v) is 13.1. The molecule has 0 aromatic rings. The van der Waals surface area contributed by atoms with Gasteiger partial charge >= 0.3 is 0 Å². The van der Waals surface area contributed by atoms with E-state index in [4.69, 9.17) is 0 Å². The van der Waals surface area contributed by atoms with Gasteiger partial charge in [0.2, 0.25) is 11.8 Å². The van der Waals surface area contributed by atoms with Crippen molar-refractivity contribution in [2.45, 2.75) is 52.9 Å². The molecule has 20 heavy (non-hydrogen) atoms. The molecule has 0 unspecified atom stereocenters. The summed E-state index contributed by atoms with van der Waals surface area (Å²) in [5, 5.41) is 2.91. The van der Waals surface area contributed by atoms with E-state index in [0.717, 1.165) is 6.42 Å². The van der Waals surface area contributed by atoms with Crippen LogP contribution < -0.4 is 5.32 Å². The van der Waals surface area contributed by atoms with Gasteiger partial charge in [-0.2, -0.15) is 0 Å². The van der Waals surface area contributed by atoms with Crippen LogP contribution in [0.3, 0.4) is 0 Å². The second kappa shape index (κ2) is 8.77. The lowest BCUT2D eigenvalue weighted by molar-refractivity contribution is -0.134. The topological polar surface area (TPSA) is 49.4 Å². The Labute approximate surface area is 122 Å². The Morgan fingerprint density at radius 1 is 1.35 bits per heavy atom. The molecule has 0 radical (unpaired) electrons. The number of nitrogens with zero attached hydrogens (tertiary/aromatic N) is 1. The molecule has 1 aliphatic rings. The molecule has 0 bridgehead atoms. The highest BCUT2D eigenvalue weighted by molar-refractivity contribution is 5.83. The molecule has 0 aliphatic heterocycles. The summed E-state index contributed by atoms with van der Waals surface area (Å²) in [5.41, 5.74) is 1.46. The second-order valence-corrected chi connectivity index (χ2v) is 6.00. The van der Waals surface area contributed by atoms with E-state index in [-0.39, 0.29) is 18.4 Å². The molecule has 114 valence electrons. The van der Waals surface area contributed by atoms with E-state index < -0.39 is 0 Å². The second-order valence-electron chi connectivity index (χ2n) is 6.00. The summed E-state index contributed by atoms with van der Waals surface area (Å²) >= 11 is 0. The van der Waals surface area contributed by atoms with Crippen molar-refractivity contribution in [3.63, 3.8) is 0 Å². The SMILES string of the molecule is CC(=O)N(CC(=O)NCCC1=CCCCC1)CC(C)C. The first-order chi connectivity index (χ1) is 9.49. The molecule has 0 aromatic carbocycles. The van der Waals surface area contributed by atoms with Crippen LogP contribution in [0.4, 0.5) is 0 Å². The Morgan fingerprint density at radius 3 is 2.65 bits per heavy atom. The Morgan fingerprint density at radius 2 is 2.10 bits per heavy atom. The lowest BCUT2D eigenvalue weighted by atomic mass is 9.97. The molecule has 4 heteroatoms. The summed E-state index contributed by atoms with van der Waals surface area (Å²) in [6.07, 6.45) is 8.15. The van der Waals surface area contributed by atoms with Gasteiger partial charge in [0.25, 0.3) is 0 Å². The Hall–Kier alpha value is -1.32. The number of hydrogen-bond acceptors (Lipinski definition) is 2. The van der Waals surface area contributed by atoms with Gasteiger partial charge in [0, 0.05) is 20.0 Å². The molecule has 4 nitrogen and oxygen atoms in total. The minimum atomic E-state index is -0.0581. The third kappa shape index (κ3) is 6.73. The quantitative estimate of drug-likeness (QED) is 0.728. The van der Waals surface area contributed by atoms with Crippen molar-refractivity contribution in [1.29, 1.82) is 0 Å². The van der Waals surface area contributed by atoms with Gasteiger partial charge in [-0.05, 0) is 38.0 Å².